The van der Waals surface area contributed by atoms with Gasteiger partial charge in [-0.3, -0.25) is 4.79 Å². The van der Waals surface area contributed by atoms with Crippen LogP contribution in [0, 0.1) is 45.3 Å². The maximum atomic E-state index is 13.3. The smallest absolute Gasteiger partial charge is 0.251 e. The van der Waals surface area contributed by atoms with Crippen LogP contribution in [0.2, 0.25) is 0 Å². The fourth-order valence-electron chi connectivity index (χ4n) is 5.08. The standard InChI is InChI=1S/C30H17N5O/c31-14-20(15-32)28-23-7-3-4-8-24(23)29(21(16-33)17-34)26-13-19(9-11-25(26)28)30(36)35-27-12-10-18-5-1-2-6-22(18)27/h1-9,11,13,27H,10,12H2,(H,35,36)/t27-/m1/s1. The van der Waals surface area contributed by atoms with Gasteiger partial charge in [0, 0.05) is 16.0 Å². The molecule has 0 bridgehead atoms. The van der Waals surface area contributed by atoms with Crippen LogP contribution in [0.1, 0.15) is 33.9 Å². The summed E-state index contributed by atoms with van der Waals surface area (Å²) in [6.45, 7) is 0. The van der Waals surface area contributed by atoms with E-state index in [1.165, 1.54) is 5.56 Å². The predicted octanol–water partition coefficient (Wildman–Crippen LogP) is 3.81. The molecule has 5 rings (SSSR count). The zero-order valence-corrected chi connectivity index (χ0v) is 19.0. The maximum Gasteiger partial charge on any atom is 0.251 e. The van der Waals surface area contributed by atoms with Crippen molar-refractivity contribution in [1.82, 2.24) is 5.32 Å². The van der Waals surface area contributed by atoms with Gasteiger partial charge in [-0.05, 0) is 57.6 Å². The Bertz CT molecular complexity index is 1860. The van der Waals surface area contributed by atoms with Crippen molar-refractivity contribution in [2.45, 2.75) is 18.9 Å². The van der Waals surface area contributed by atoms with Gasteiger partial charge >= 0.3 is 0 Å². The number of nitrogens with zero attached hydrogens (tertiary/aromatic N) is 4. The molecule has 36 heavy (non-hydrogen) atoms. The van der Waals surface area contributed by atoms with Crippen LogP contribution in [-0.4, -0.2) is 5.91 Å². The Labute approximate surface area is 206 Å². The summed E-state index contributed by atoms with van der Waals surface area (Å²) in [7, 11) is 0. The van der Waals surface area contributed by atoms with E-state index in [9.17, 15) is 25.8 Å². The average molecular weight is 464 g/mol. The highest BCUT2D eigenvalue weighted by molar-refractivity contribution is 6.08. The van der Waals surface area contributed by atoms with Gasteiger partial charge in [-0.15, -0.1) is 0 Å². The van der Waals surface area contributed by atoms with Crippen LogP contribution in [0.15, 0.2) is 66.7 Å². The monoisotopic (exact) mass is 463 g/mol. The van der Waals surface area contributed by atoms with Gasteiger partial charge in [0.2, 0.25) is 0 Å². The zero-order chi connectivity index (χ0) is 25.2. The molecule has 0 unspecified atom stereocenters. The molecule has 1 atom stereocenters. The number of amides is 1. The number of carbonyl (C=O) groups excluding carboxylic acids is 1. The second-order valence-corrected chi connectivity index (χ2v) is 8.52. The second-order valence-electron chi connectivity index (χ2n) is 8.52. The van der Waals surface area contributed by atoms with Crippen molar-refractivity contribution < 1.29 is 4.79 Å². The summed E-state index contributed by atoms with van der Waals surface area (Å²) in [5.41, 5.74) is 2.49. The molecule has 168 valence electrons. The fourth-order valence-corrected chi connectivity index (χ4v) is 5.08. The second kappa shape index (κ2) is 9.08. The van der Waals surface area contributed by atoms with Crippen LogP contribution in [0.25, 0.3) is 32.7 Å². The van der Waals surface area contributed by atoms with Crippen molar-refractivity contribution in [3.63, 3.8) is 0 Å². The SMILES string of the molecule is N#CC(C#N)=c1c2ccccc2c(=C(C#N)C#N)c2cc(C(=O)N[C@@H]3CCc4ccccc43)ccc12. The van der Waals surface area contributed by atoms with Crippen LogP contribution >= 0.6 is 0 Å². The number of nitriles is 4. The van der Waals surface area contributed by atoms with E-state index in [0.29, 0.717) is 37.5 Å². The Hall–Kier alpha value is -5.43. The molecule has 1 aliphatic rings. The van der Waals surface area contributed by atoms with Gasteiger partial charge in [-0.2, -0.15) is 21.0 Å². The Morgan fingerprint density at radius 3 is 1.92 bits per heavy atom. The molecule has 0 saturated heterocycles. The van der Waals surface area contributed by atoms with Gasteiger partial charge in [-0.25, -0.2) is 0 Å². The molecule has 0 saturated carbocycles. The molecule has 0 spiro atoms. The third-order valence-electron chi connectivity index (χ3n) is 6.67. The van der Waals surface area contributed by atoms with Gasteiger partial charge in [0.1, 0.15) is 35.4 Å². The van der Waals surface area contributed by atoms with E-state index in [1.54, 1.807) is 42.5 Å². The van der Waals surface area contributed by atoms with Crippen molar-refractivity contribution in [3.8, 4) is 24.3 Å². The van der Waals surface area contributed by atoms with Crippen LogP contribution in [0.3, 0.4) is 0 Å². The summed E-state index contributed by atoms with van der Waals surface area (Å²) < 4.78 is 0. The molecule has 4 aromatic rings. The highest BCUT2D eigenvalue weighted by atomic mass is 16.1. The molecule has 4 aromatic carbocycles. The summed E-state index contributed by atoms with van der Waals surface area (Å²) in [6, 6.07) is 27.8. The van der Waals surface area contributed by atoms with E-state index in [0.717, 1.165) is 18.4 Å². The first-order chi connectivity index (χ1) is 17.6. The summed E-state index contributed by atoms with van der Waals surface area (Å²) in [4.78, 5) is 13.3. The first-order valence-electron chi connectivity index (χ1n) is 11.3. The molecular weight excluding hydrogens is 446 g/mol. The van der Waals surface area contributed by atoms with Gasteiger partial charge in [-0.1, -0.05) is 54.6 Å². The van der Waals surface area contributed by atoms with Gasteiger partial charge < -0.3 is 5.32 Å². The van der Waals surface area contributed by atoms with E-state index in [-0.39, 0.29) is 23.1 Å². The largest absolute Gasteiger partial charge is 0.345 e. The number of hydrogen-bond donors (Lipinski definition) is 1. The number of benzene rings is 4. The summed E-state index contributed by atoms with van der Waals surface area (Å²) in [5, 5.41) is 44.8. The minimum atomic E-state index is -0.278. The van der Waals surface area contributed by atoms with E-state index < -0.39 is 0 Å². The van der Waals surface area contributed by atoms with Gasteiger partial charge in [0.15, 0.2) is 0 Å². The first kappa shape index (κ1) is 22.4. The number of carbonyl (C=O) groups is 1. The van der Waals surface area contributed by atoms with Crippen molar-refractivity contribution in [2.75, 3.05) is 0 Å². The van der Waals surface area contributed by atoms with E-state index >= 15 is 0 Å². The number of hydrogen-bond acceptors (Lipinski definition) is 5. The number of aryl methyl sites for hydroxylation is 1. The Kier molecular flexibility index (Phi) is 5.64. The molecule has 1 aliphatic carbocycles. The molecule has 0 aromatic heterocycles. The number of rotatable bonds is 2. The molecule has 0 aliphatic heterocycles. The molecular formula is C30H17N5O. The topological polar surface area (TPSA) is 124 Å². The normalized spacial score (nSPS) is 13.6. The number of nitrogens with one attached hydrogen (secondary N) is 1. The highest BCUT2D eigenvalue weighted by Crippen LogP contribution is 2.31. The minimum Gasteiger partial charge on any atom is -0.345 e. The van der Waals surface area contributed by atoms with Crippen molar-refractivity contribution in [1.29, 1.82) is 21.0 Å². The Balaban J connectivity index is 1.80. The quantitative estimate of drug-likeness (QED) is 0.453. The van der Waals surface area contributed by atoms with E-state index in [1.807, 2.05) is 42.5 Å². The average Bonchev–Trinajstić information content (AvgIpc) is 3.33. The predicted molar refractivity (Wildman–Crippen MR) is 135 cm³/mol. The zero-order valence-electron chi connectivity index (χ0n) is 19.0. The third-order valence-corrected chi connectivity index (χ3v) is 6.67. The highest BCUT2D eigenvalue weighted by Gasteiger charge is 2.24. The van der Waals surface area contributed by atoms with Gasteiger partial charge in [0.05, 0.1) is 6.04 Å². The lowest BCUT2D eigenvalue weighted by atomic mass is 9.92. The number of fused-ring (bicyclic) bond motifs is 3. The van der Waals surface area contributed by atoms with E-state index in [2.05, 4.69) is 11.4 Å². The van der Waals surface area contributed by atoms with Crippen LogP contribution in [-0.2, 0) is 6.42 Å². The van der Waals surface area contributed by atoms with Crippen molar-refractivity contribution in [3.05, 3.63) is 93.9 Å². The van der Waals surface area contributed by atoms with Gasteiger partial charge in [0.25, 0.3) is 5.91 Å². The molecule has 6 heteroatoms. The molecule has 1 N–H and O–H groups in total. The molecule has 0 heterocycles. The van der Waals surface area contributed by atoms with Crippen LogP contribution < -0.4 is 15.8 Å². The van der Waals surface area contributed by atoms with E-state index in [4.69, 9.17) is 0 Å². The van der Waals surface area contributed by atoms with Crippen molar-refractivity contribution in [2.24, 2.45) is 0 Å². The lowest BCUT2D eigenvalue weighted by molar-refractivity contribution is 0.0937. The fraction of sp³-hybridized carbons (Fsp3) is 0.100. The van der Waals surface area contributed by atoms with Crippen molar-refractivity contribution >= 4 is 38.6 Å². The molecule has 0 radical (unpaired) electrons. The first-order valence-corrected chi connectivity index (χ1v) is 11.3. The summed E-state index contributed by atoms with van der Waals surface area (Å²) in [5.74, 6) is -0.278. The lowest BCUT2D eigenvalue weighted by Crippen LogP contribution is -2.27. The summed E-state index contributed by atoms with van der Waals surface area (Å²) >= 11 is 0. The Morgan fingerprint density at radius 1 is 0.722 bits per heavy atom. The summed E-state index contributed by atoms with van der Waals surface area (Å²) in [6.07, 6.45) is 1.70. The molecule has 6 nitrogen and oxygen atoms in total. The molecule has 0 fully saturated rings. The maximum absolute atomic E-state index is 13.3. The minimum absolute atomic E-state index is 0.0852. The lowest BCUT2D eigenvalue weighted by Gasteiger charge is -2.15. The Morgan fingerprint density at radius 2 is 1.28 bits per heavy atom. The van der Waals surface area contributed by atoms with Crippen LogP contribution in [0.5, 0.6) is 0 Å². The van der Waals surface area contributed by atoms with Crippen LogP contribution in [0.4, 0.5) is 0 Å². The third kappa shape index (κ3) is 3.52. The molecule has 1 amide bonds.